The van der Waals surface area contributed by atoms with Gasteiger partial charge in [0.1, 0.15) is 5.75 Å². The van der Waals surface area contributed by atoms with E-state index in [2.05, 4.69) is 10.3 Å². The number of nitrogens with one attached hydrogen (secondary N) is 1. The van der Waals surface area contributed by atoms with Crippen LogP contribution < -0.4 is 10.1 Å². The van der Waals surface area contributed by atoms with E-state index in [1.165, 1.54) is 16.7 Å². The molecule has 2 aromatic rings. The number of nitrogens with zero attached hydrogens (tertiary/aromatic N) is 1. The van der Waals surface area contributed by atoms with Crippen molar-refractivity contribution in [2.24, 2.45) is 5.92 Å². The summed E-state index contributed by atoms with van der Waals surface area (Å²) in [6, 6.07) is 7.51. The molecule has 6 nitrogen and oxygen atoms in total. The number of thiazole rings is 1. The van der Waals surface area contributed by atoms with Crippen LogP contribution in [-0.4, -0.2) is 32.2 Å². The first kappa shape index (κ1) is 16.7. The number of para-hydroxylation sites is 1. The Morgan fingerprint density at radius 2 is 2.21 bits per heavy atom. The predicted molar refractivity (Wildman–Crippen MR) is 93.8 cm³/mol. The fourth-order valence-corrected chi connectivity index (χ4v) is 4.61. The molecular weight excluding hydrogens is 348 g/mol. The first-order chi connectivity index (χ1) is 11.5. The van der Waals surface area contributed by atoms with Gasteiger partial charge in [0.05, 0.1) is 18.6 Å². The van der Waals surface area contributed by atoms with Crippen LogP contribution in [0.15, 0.2) is 41.1 Å². The van der Waals surface area contributed by atoms with Gasteiger partial charge in [0, 0.05) is 28.7 Å². The zero-order chi connectivity index (χ0) is 17.2. The van der Waals surface area contributed by atoms with Crippen molar-refractivity contribution in [2.45, 2.75) is 6.42 Å². The number of ether oxygens (including phenoxy) is 1. The van der Waals surface area contributed by atoms with E-state index in [-0.39, 0.29) is 24.0 Å². The summed E-state index contributed by atoms with van der Waals surface area (Å²) in [5, 5.41) is 6.22. The maximum absolute atomic E-state index is 12.1. The second kappa shape index (κ2) is 6.74. The Labute approximate surface area is 144 Å². The number of methoxy groups -OCH3 is 1. The van der Waals surface area contributed by atoms with E-state index in [9.17, 15) is 13.2 Å². The van der Waals surface area contributed by atoms with Gasteiger partial charge in [-0.15, -0.1) is 11.3 Å². The molecule has 8 heteroatoms. The molecule has 0 saturated carbocycles. The number of sulfone groups is 1. The molecule has 3 rings (SSSR count). The first-order valence-electron chi connectivity index (χ1n) is 7.26. The van der Waals surface area contributed by atoms with E-state index in [0.29, 0.717) is 10.9 Å². The van der Waals surface area contributed by atoms with Gasteiger partial charge in [-0.3, -0.25) is 4.79 Å². The van der Waals surface area contributed by atoms with E-state index < -0.39 is 9.84 Å². The first-order valence-corrected chi connectivity index (χ1v) is 9.86. The molecule has 24 heavy (non-hydrogen) atoms. The van der Waals surface area contributed by atoms with Gasteiger partial charge in [-0.05, 0) is 12.1 Å². The maximum Gasteiger partial charge on any atom is 0.226 e. The van der Waals surface area contributed by atoms with Crippen LogP contribution in [0.5, 0.6) is 5.75 Å². The van der Waals surface area contributed by atoms with Crippen LogP contribution in [0, 0.1) is 5.92 Å². The molecular formula is C16H16N2O4S2. The Morgan fingerprint density at radius 1 is 1.42 bits per heavy atom. The molecule has 1 atom stereocenters. The number of hydrogen-bond donors (Lipinski definition) is 1. The van der Waals surface area contributed by atoms with Crippen molar-refractivity contribution in [3.8, 4) is 17.0 Å². The Bertz CT molecular complexity index is 887. The number of allylic oxidation sites excluding steroid dienone is 1. The standard InChI is InChI=1S/C16H16N2O4S2/c1-22-14-5-3-2-4-12(14)13-9-23-16(17-13)18-15(19)8-11-6-7-24(20,21)10-11/h2-7,9,11H,8,10H2,1H3,(H,17,18,19). The van der Waals surface area contributed by atoms with Gasteiger partial charge in [0.25, 0.3) is 0 Å². The van der Waals surface area contributed by atoms with Crippen molar-refractivity contribution in [3.63, 3.8) is 0 Å². The van der Waals surface area contributed by atoms with Crippen molar-refractivity contribution in [3.05, 3.63) is 41.1 Å². The van der Waals surface area contributed by atoms with Gasteiger partial charge in [-0.2, -0.15) is 0 Å². The SMILES string of the molecule is COc1ccccc1-c1csc(NC(=O)CC2C=CS(=O)(=O)C2)n1. The molecule has 1 unspecified atom stereocenters. The molecule has 1 aromatic carbocycles. The Balaban J connectivity index is 1.66. The van der Waals surface area contributed by atoms with Crippen molar-refractivity contribution in [1.29, 1.82) is 0 Å². The number of carbonyl (C=O) groups excluding carboxylic acids is 1. The van der Waals surface area contributed by atoms with Gasteiger partial charge in [-0.25, -0.2) is 13.4 Å². The normalized spacial score (nSPS) is 18.5. The number of hydrogen-bond acceptors (Lipinski definition) is 6. The molecule has 126 valence electrons. The highest BCUT2D eigenvalue weighted by Crippen LogP contribution is 2.32. The molecule has 0 spiro atoms. The second-order valence-corrected chi connectivity index (χ2v) is 8.20. The van der Waals surface area contributed by atoms with Gasteiger partial charge in [-0.1, -0.05) is 18.2 Å². The summed E-state index contributed by atoms with van der Waals surface area (Å²) in [6.07, 6.45) is 1.69. The van der Waals surface area contributed by atoms with Crippen molar-refractivity contribution in [2.75, 3.05) is 18.2 Å². The number of benzene rings is 1. The third kappa shape index (κ3) is 3.82. The van der Waals surface area contributed by atoms with Gasteiger partial charge in [0.15, 0.2) is 15.0 Å². The number of amides is 1. The molecule has 1 aliphatic rings. The minimum Gasteiger partial charge on any atom is -0.496 e. The third-order valence-corrected chi connectivity index (χ3v) is 5.81. The van der Waals surface area contributed by atoms with Crippen molar-refractivity contribution < 1.29 is 17.9 Å². The number of aromatic nitrogens is 1. The van der Waals surface area contributed by atoms with Crippen LogP contribution in [0.2, 0.25) is 0 Å². The highest BCUT2D eigenvalue weighted by molar-refractivity contribution is 7.94. The van der Waals surface area contributed by atoms with Crippen LogP contribution in [0.1, 0.15) is 6.42 Å². The lowest BCUT2D eigenvalue weighted by Crippen LogP contribution is -2.17. The Morgan fingerprint density at radius 3 is 2.92 bits per heavy atom. The van der Waals surface area contributed by atoms with Gasteiger partial charge < -0.3 is 10.1 Å². The van der Waals surface area contributed by atoms with Gasteiger partial charge >= 0.3 is 0 Å². The average molecular weight is 364 g/mol. The minimum atomic E-state index is -3.14. The molecule has 0 saturated heterocycles. The quantitative estimate of drug-likeness (QED) is 0.882. The molecule has 2 heterocycles. The molecule has 0 fully saturated rings. The van der Waals surface area contributed by atoms with Crippen LogP contribution in [0.4, 0.5) is 5.13 Å². The van der Waals surface area contributed by atoms with E-state index in [0.717, 1.165) is 11.3 Å². The number of anilines is 1. The number of carbonyl (C=O) groups is 1. The smallest absolute Gasteiger partial charge is 0.226 e. The molecule has 1 aromatic heterocycles. The second-order valence-electron chi connectivity index (χ2n) is 5.41. The molecule has 0 radical (unpaired) electrons. The molecule has 1 aliphatic heterocycles. The summed E-state index contributed by atoms with van der Waals surface area (Å²) in [6.45, 7) is 0. The average Bonchev–Trinajstić information content (AvgIpc) is 3.13. The lowest BCUT2D eigenvalue weighted by atomic mass is 10.1. The summed E-state index contributed by atoms with van der Waals surface area (Å²) < 4.78 is 28.0. The topological polar surface area (TPSA) is 85.4 Å². The molecule has 1 N–H and O–H groups in total. The Hall–Kier alpha value is -2.19. The van der Waals surface area contributed by atoms with Crippen molar-refractivity contribution in [1.82, 2.24) is 4.98 Å². The van der Waals surface area contributed by atoms with E-state index >= 15 is 0 Å². The van der Waals surface area contributed by atoms with Gasteiger partial charge in [0.2, 0.25) is 5.91 Å². The highest BCUT2D eigenvalue weighted by atomic mass is 32.2. The monoisotopic (exact) mass is 364 g/mol. The lowest BCUT2D eigenvalue weighted by Gasteiger charge is -2.06. The molecule has 0 bridgehead atoms. The van der Waals surface area contributed by atoms with Crippen molar-refractivity contribution >= 4 is 32.2 Å². The number of rotatable bonds is 5. The van der Waals surface area contributed by atoms with E-state index in [4.69, 9.17) is 4.74 Å². The van der Waals surface area contributed by atoms with E-state index in [1.807, 2.05) is 29.6 Å². The molecule has 0 aliphatic carbocycles. The largest absolute Gasteiger partial charge is 0.496 e. The summed E-state index contributed by atoms with van der Waals surface area (Å²) in [5.41, 5.74) is 1.57. The van der Waals surface area contributed by atoms with Crippen LogP contribution in [0.3, 0.4) is 0 Å². The zero-order valence-electron chi connectivity index (χ0n) is 12.9. The molecule has 1 amide bonds. The predicted octanol–water partition coefficient (Wildman–Crippen LogP) is 2.71. The highest BCUT2D eigenvalue weighted by Gasteiger charge is 2.24. The minimum absolute atomic E-state index is 0.00917. The summed E-state index contributed by atoms with van der Waals surface area (Å²) in [4.78, 5) is 16.5. The third-order valence-electron chi connectivity index (χ3n) is 3.59. The van der Waals surface area contributed by atoms with Crippen LogP contribution >= 0.6 is 11.3 Å². The summed E-state index contributed by atoms with van der Waals surface area (Å²) in [5.74, 6) is 0.179. The van der Waals surface area contributed by atoms with E-state index in [1.54, 1.807) is 13.2 Å². The summed E-state index contributed by atoms with van der Waals surface area (Å²) in [7, 11) is -1.55. The van der Waals surface area contributed by atoms with Crippen LogP contribution in [-0.2, 0) is 14.6 Å². The van der Waals surface area contributed by atoms with Crippen LogP contribution in [0.25, 0.3) is 11.3 Å². The Kier molecular flexibility index (Phi) is 4.68. The maximum atomic E-state index is 12.1. The fourth-order valence-electron chi connectivity index (χ4n) is 2.49. The summed E-state index contributed by atoms with van der Waals surface area (Å²) >= 11 is 1.31. The zero-order valence-corrected chi connectivity index (χ0v) is 14.6. The lowest BCUT2D eigenvalue weighted by molar-refractivity contribution is -0.116. The fraction of sp³-hybridized carbons (Fsp3) is 0.250.